The number of hydrogen-bond acceptors (Lipinski definition) is 4. The number of nitrogens with zero attached hydrogens (tertiary/aromatic N) is 1. The number of terminal acetylenes is 1. The Balaban J connectivity index is 1.96. The van der Waals surface area contributed by atoms with Crippen molar-refractivity contribution in [3.63, 3.8) is 0 Å². The molecule has 0 aliphatic rings. The first kappa shape index (κ1) is 28.7. The number of aromatic amines is 1. The number of rotatable bonds is 9. The van der Waals surface area contributed by atoms with Gasteiger partial charge in [-0.2, -0.15) is 31.4 Å². The molecule has 0 aliphatic heterocycles. The van der Waals surface area contributed by atoms with Gasteiger partial charge in [-0.3, -0.25) is 9.89 Å². The van der Waals surface area contributed by atoms with Crippen molar-refractivity contribution in [3.8, 4) is 46.2 Å². The predicted molar refractivity (Wildman–Crippen MR) is 127 cm³/mol. The molecular formula is C25H20ClF6N3O3. The van der Waals surface area contributed by atoms with Gasteiger partial charge in [-0.05, 0) is 42.3 Å². The van der Waals surface area contributed by atoms with Crippen LogP contribution < -0.4 is 10.1 Å². The van der Waals surface area contributed by atoms with Gasteiger partial charge in [0.05, 0.1) is 28.5 Å². The molecule has 13 heteroatoms. The zero-order chi connectivity index (χ0) is 28.1. The highest BCUT2D eigenvalue weighted by Crippen LogP contribution is 2.46. The molecule has 0 unspecified atom stereocenters. The van der Waals surface area contributed by atoms with Gasteiger partial charge in [0.15, 0.2) is 5.69 Å². The van der Waals surface area contributed by atoms with E-state index in [-0.39, 0.29) is 60.0 Å². The molecule has 6 nitrogen and oxygen atoms in total. The van der Waals surface area contributed by atoms with Crippen LogP contribution in [0.1, 0.15) is 30.5 Å². The van der Waals surface area contributed by atoms with E-state index < -0.39 is 34.4 Å². The lowest BCUT2D eigenvalue weighted by molar-refractivity contribution is -0.141. The Morgan fingerprint density at radius 1 is 1.13 bits per heavy atom. The monoisotopic (exact) mass is 559 g/mol. The van der Waals surface area contributed by atoms with Gasteiger partial charge < -0.3 is 15.2 Å². The van der Waals surface area contributed by atoms with E-state index >= 15 is 0 Å². The summed E-state index contributed by atoms with van der Waals surface area (Å²) in [6.07, 6.45) is -3.74. The number of alkyl halides is 6. The molecule has 0 radical (unpaired) electrons. The number of H-pyrrole nitrogens is 1. The summed E-state index contributed by atoms with van der Waals surface area (Å²) in [6, 6.07) is 6.09. The van der Waals surface area contributed by atoms with Crippen molar-refractivity contribution >= 4 is 17.5 Å². The number of aromatic nitrogens is 2. The largest absolute Gasteiger partial charge is 0.506 e. The summed E-state index contributed by atoms with van der Waals surface area (Å²) in [4.78, 5) is 11.6. The van der Waals surface area contributed by atoms with Crippen molar-refractivity contribution in [3.05, 3.63) is 52.7 Å². The minimum Gasteiger partial charge on any atom is -0.506 e. The lowest BCUT2D eigenvalue weighted by atomic mass is 9.97. The first-order valence-corrected chi connectivity index (χ1v) is 11.4. The van der Waals surface area contributed by atoms with Gasteiger partial charge in [0.1, 0.15) is 11.5 Å². The van der Waals surface area contributed by atoms with Gasteiger partial charge in [0.25, 0.3) is 0 Å². The molecule has 1 amide bonds. The molecule has 3 rings (SSSR count). The summed E-state index contributed by atoms with van der Waals surface area (Å²) < 4.78 is 85.2. The van der Waals surface area contributed by atoms with Gasteiger partial charge in [0.2, 0.25) is 5.91 Å². The number of ether oxygens (including phenoxy) is 1. The predicted octanol–water partition coefficient (Wildman–Crippen LogP) is 6.44. The molecule has 0 atom stereocenters. The van der Waals surface area contributed by atoms with Crippen LogP contribution in [0.25, 0.3) is 22.4 Å². The standard InChI is InChI=1S/C25H20ClF6N3O3/c1-2-3-5-21(36)33-10-4-11-38-19-9-7-15(18-13-20(35-34-18)25(30,31)32)23(37)22(19)14-6-8-17(26)16(12-14)24(27,28)29/h1,6-9,12-13,37H,3-5,10-11H2,(H,33,36)(H,34,35). The molecule has 2 aromatic carbocycles. The summed E-state index contributed by atoms with van der Waals surface area (Å²) in [7, 11) is 0. The number of carbonyl (C=O) groups is 1. The van der Waals surface area contributed by atoms with Crippen molar-refractivity contribution in [2.24, 2.45) is 0 Å². The molecule has 0 saturated heterocycles. The summed E-state index contributed by atoms with van der Waals surface area (Å²) in [5, 5.41) is 18.4. The lowest BCUT2D eigenvalue weighted by Crippen LogP contribution is -2.25. The zero-order valence-corrected chi connectivity index (χ0v) is 20.2. The second-order valence-electron chi connectivity index (χ2n) is 7.95. The van der Waals surface area contributed by atoms with E-state index in [1.54, 1.807) is 0 Å². The second kappa shape index (κ2) is 11.7. The Morgan fingerprint density at radius 2 is 1.87 bits per heavy atom. The van der Waals surface area contributed by atoms with Crippen LogP contribution >= 0.6 is 11.6 Å². The van der Waals surface area contributed by atoms with Crippen LogP contribution in [0, 0.1) is 12.3 Å². The van der Waals surface area contributed by atoms with Crippen LogP contribution in [0.15, 0.2) is 36.4 Å². The highest BCUT2D eigenvalue weighted by atomic mass is 35.5. The third kappa shape index (κ3) is 6.92. The van der Waals surface area contributed by atoms with E-state index in [0.29, 0.717) is 18.6 Å². The Kier molecular flexibility index (Phi) is 8.83. The van der Waals surface area contributed by atoms with Crippen molar-refractivity contribution in [1.82, 2.24) is 15.5 Å². The van der Waals surface area contributed by atoms with E-state index in [2.05, 4.69) is 21.4 Å². The summed E-state index contributed by atoms with van der Waals surface area (Å²) in [6.45, 7) is 0.208. The first-order chi connectivity index (χ1) is 17.8. The molecule has 1 aromatic heterocycles. The zero-order valence-electron chi connectivity index (χ0n) is 19.4. The molecule has 38 heavy (non-hydrogen) atoms. The summed E-state index contributed by atoms with van der Waals surface area (Å²) in [5.41, 5.74) is -3.14. The van der Waals surface area contributed by atoms with Crippen molar-refractivity contribution < 1.29 is 41.0 Å². The van der Waals surface area contributed by atoms with Crippen LogP contribution in [-0.4, -0.2) is 34.4 Å². The minimum atomic E-state index is -4.82. The molecule has 0 bridgehead atoms. The number of phenols is 1. The second-order valence-corrected chi connectivity index (χ2v) is 8.36. The number of nitrogens with one attached hydrogen (secondary N) is 2. The molecule has 3 N–H and O–H groups in total. The number of benzene rings is 2. The SMILES string of the molecule is C#CCCC(=O)NCCCOc1ccc(-c2cc(C(F)(F)F)n[nH]2)c(O)c1-c1ccc(Cl)c(C(F)(F)F)c1. The van der Waals surface area contributed by atoms with E-state index in [0.717, 1.165) is 6.07 Å². The van der Waals surface area contributed by atoms with Crippen molar-refractivity contribution in [2.75, 3.05) is 13.2 Å². The van der Waals surface area contributed by atoms with Crippen LogP contribution in [0.5, 0.6) is 11.5 Å². The smallest absolute Gasteiger partial charge is 0.435 e. The molecule has 202 valence electrons. The molecular weight excluding hydrogens is 540 g/mol. The van der Waals surface area contributed by atoms with Gasteiger partial charge >= 0.3 is 12.4 Å². The van der Waals surface area contributed by atoms with Gasteiger partial charge in [-0.15, -0.1) is 12.3 Å². The highest BCUT2D eigenvalue weighted by molar-refractivity contribution is 6.31. The minimum absolute atomic E-state index is 0.0107. The Labute approximate surface area is 218 Å². The highest BCUT2D eigenvalue weighted by Gasteiger charge is 2.35. The van der Waals surface area contributed by atoms with E-state index in [1.807, 2.05) is 0 Å². The molecule has 1 heterocycles. The average molecular weight is 560 g/mol. The maximum absolute atomic E-state index is 13.5. The normalized spacial score (nSPS) is 11.7. The van der Waals surface area contributed by atoms with E-state index in [9.17, 15) is 36.2 Å². The van der Waals surface area contributed by atoms with Gasteiger partial charge in [-0.1, -0.05) is 17.7 Å². The van der Waals surface area contributed by atoms with Crippen LogP contribution in [0.2, 0.25) is 5.02 Å². The average Bonchev–Trinajstić information content (AvgIpc) is 3.33. The number of halogens is 7. The van der Waals surface area contributed by atoms with Crippen LogP contribution in [0.4, 0.5) is 26.3 Å². The fraction of sp³-hybridized carbons (Fsp3) is 0.280. The Hall–Kier alpha value is -3.85. The maximum Gasteiger partial charge on any atom is 0.435 e. The third-order valence-corrected chi connectivity index (χ3v) is 5.59. The third-order valence-electron chi connectivity index (χ3n) is 5.26. The van der Waals surface area contributed by atoms with Crippen LogP contribution in [0.3, 0.4) is 0 Å². The summed E-state index contributed by atoms with van der Waals surface area (Å²) >= 11 is 5.72. The topological polar surface area (TPSA) is 87.2 Å². The fourth-order valence-corrected chi connectivity index (χ4v) is 3.67. The molecule has 0 fully saturated rings. The molecule has 3 aromatic rings. The van der Waals surface area contributed by atoms with E-state index in [4.69, 9.17) is 22.8 Å². The van der Waals surface area contributed by atoms with Gasteiger partial charge in [0, 0.05) is 24.9 Å². The molecule has 0 aliphatic carbocycles. The van der Waals surface area contributed by atoms with E-state index in [1.165, 1.54) is 18.2 Å². The first-order valence-electron chi connectivity index (χ1n) is 11.0. The molecule has 0 saturated carbocycles. The van der Waals surface area contributed by atoms with Crippen molar-refractivity contribution in [2.45, 2.75) is 31.6 Å². The Morgan fingerprint density at radius 3 is 2.50 bits per heavy atom. The maximum atomic E-state index is 13.5. The van der Waals surface area contributed by atoms with Crippen LogP contribution in [-0.2, 0) is 17.1 Å². The summed E-state index contributed by atoms with van der Waals surface area (Å²) in [5.74, 6) is 1.39. The van der Waals surface area contributed by atoms with Crippen molar-refractivity contribution in [1.29, 1.82) is 0 Å². The lowest BCUT2D eigenvalue weighted by Gasteiger charge is -2.17. The quantitative estimate of drug-likeness (QED) is 0.160. The number of hydrogen-bond donors (Lipinski definition) is 3. The number of carbonyl (C=O) groups excluding carboxylic acids is 1. The molecule has 0 spiro atoms. The number of phenolic OH excluding ortho intramolecular Hbond substituents is 1. The number of aromatic hydroxyl groups is 1. The Bertz CT molecular complexity index is 1350. The fourth-order valence-electron chi connectivity index (χ4n) is 3.45. The number of amides is 1. The van der Waals surface area contributed by atoms with Gasteiger partial charge in [-0.25, -0.2) is 0 Å².